The Balaban J connectivity index is 2.11. The summed E-state index contributed by atoms with van der Waals surface area (Å²) in [6, 6.07) is 10.2. The third kappa shape index (κ3) is 4.85. The summed E-state index contributed by atoms with van der Waals surface area (Å²) < 4.78 is 22.6. The standard InChI is InChI=1S/C16H17Cl2N3O3S/c1-10(11-3-6-13(7-4-11)25(19,23)24)21(2)16(22)20-12-5-8-14(17)15(18)9-12/h3-10H,1-2H3,(H,20,22)(H2,19,23,24). The van der Waals surface area contributed by atoms with E-state index in [9.17, 15) is 13.2 Å². The van der Waals surface area contributed by atoms with Gasteiger partial charge in [0.15, 0.2) is 0 Å². The third-order valence-corrected chi connectivity index (χ3v) is 5.43. The van der Waals surface area contributed by atoms with Crippen LogP contribution >= 0.6 is 23.2 Å². The highest BCUT2D eigenvalue weighted by molar-refractivity contribution is 7.89. The molecule has 2 rings (SSSR count). The summed E-state index contributed by atoms with van der Waals surface area (Å²) in [7, 11) is -2.12. The second kappa shape index (κ2) is 7.61. The van der Waals surface area contributed by atoms with Crippen molar-refractivity contribution in [1.29, 1.82) is 0 Å². The number of carbonyl (C=O) groups is 1. The molecule has 0 spiro atoms. The van der Waals surface area contributed by atoms with Gasteiger partial charge in [0.25, 0.3) is 0 Å². The maximum absolute atomic E-state index is 12.4. The van der Waals surface area contributed by atoms with Crippen LogP contribution in [0.3, 0.4) is 0 Å². The van der Waals surface area contributed by atoms with Gasteiger partial charge in [0.1, 0.15) is 0 Å². The maximum atomic E-state index is 12.4. The predicted octanol–water partition coefficient (Wildman–Crippen LogP) is 3.87. The van der Waals surface area contributed by atoms with E-state index in [0.29, 0.717) is 15.7 Å². The van der Waals surface area contributed by atoms with Gasteiger partial charge in [-0.3, -0.25) is 0 Å². The molecule has 3 N–H and O–H groups in total. The van der Waals surface area contributed by atoms with Crippen LogP contribution in [-0.2, 0) is 10.0 Å². The number of rotatable bonds is 4. The predicted molar refractivity (Wildman–Crippen MR) is 99.5 cm³/mol. The normalized spacial score (nSPS) is 12.5. The Morgan fingerprint density at radius 3 is 2.24 bits per heavy atom. The van der Waals surface area contributed by atoms with Crippen molar-refractivity contribution >= 4 is 44.9 Å². The highest BCUT2D eigenvalue weighted by atomic mass is 35.5. The van der Waals surface area contributed by atoms with Gasteiger partial charge in [-0.15, -0.1) is 0 Å². The second-order valence-corrected chi connectivity index (χ2v) is 7.84. The number of nitrogens with zero attached hydrogens (tertiary/aromatic N) is 1. The Kier molecular flexibility index (Phi) is 5.95. The molecule has 0 aliphatic carbocycles. The molecule has 0 saturated carbocycles. The number of benzene rings is 2. The van der Waals surface area contributed by atoms with Gasteiger partial charge >= 0.3 is 6.03 Å². The lowest BCUT2D eigenvalue weighted by atomic mass is 10.1. The largest absolute Gasteiger partial charge is 0.322 e. The molecule has 0 aliphatic heterocycles. The van der Waals surface area contributed by atoms with Crippen LogP contribution in [0.1, 0.15) is 18.5 Å². The molecule has 0 aromatic heterocycles. The van der Waals surface area contributed by atoms with Crippen molar-refractivity contribution in [2.45, 2.75) is 17.9 Å². The molecule has 134 valence electrons. The average Bonchev–Trinajstić information content (AvgIpc) is 2.56. The summed E-state index contributed by atoms with van der Waals surface area (Å²) in [4.78, 5) is 13.9. The molecule has 6 nitrogen and oxygen atoms in total. The van der Waals surface area contributed by atoms with Gasteiger partial charge in [-0.25, -0.2) is 18.4 Å². The van der Waals surface area contributed by atoms with E-state index < -0.39 is 10.0 Å². The van der Waals surface area contributed by atoms with E-state index >= 15 is 0 Å². The topological polar surface area (TPSA) is 92.5 Å². The fourth-order valence-electron chi connectivity index (χ4n) is 2.12. The number of amides is 2. The van der Waals surface area contributed by atoms with E-state index in [1.165, 1.54) is 17.0 Å². The van der Waals surface area contributed by atoms with Crippen molar-refractivity contribution in [3.63, 3.8) is 0 Å². The summed E-state index contributed by atoms with van der Waals surface area (Å²) >= 11 is 11.8. The molecule has 1 atom stereocenters. The highest BCUT2D eigenvalue weighted by Gasteiger charge is 2.18. The number of hydrogen-bond acceptors (Lipinski definition) is 3. The van der Waals surface area contributed by atoms with Crippen molar-refractivity contribution in [3.8, 4) is 0 Å². The van der Waals surface area contributed by atoms with Gasteiger partial charge < -0.3 is 10.2 Å². The minimum Gasteiger partial charge on any atom is -0.321 e. The first-order valence-electron chi connectivity index (χ1n) is 7.21. The van der Waals surface area contributed by atoms with Gasteiger partial charge in [-0.2, -0.15) is 0 Å². The SMILES string of the molecule is CC(c1ccc(S(N)(=O)=O)cc1)N(C)C(=O)Nc1ccc(Cl)c(Cl)c1. The van der Waals surface area contributed by atoms with E-state index in [1.54, 1.807) is 37.4 Å². The molecule has 0 aliphatic rings. The molecule has 2 aromatic rings. The van der Waals surface area contributed by atoms with Crippen molar-refractivity contribution in [3.05, 3.63) is 58.1 Å². The first-order chi connectivity index (χ1) is 11.6. The number of sulfonamides is 1. The smallest absolute Gasteiger partial charge is 0.321 e. The van der Waals surface area contributed by atoms with Crippen LogP contribution < -0.4 is 10.5 Å². The van der Waals surface area contributed by atoms with Crippen LogP contribution in [0, 0.1) is 0 Å². The number of anilines is 1. The maximum Gasteiger partial charge on any atom is 0.322 e. The Morgan fingerprint density at radius 2 is 1.72 bits per heavy atom. The summed E-state index contributed by atoms with van der Waals surface area (Å²) in [5.74, 6) is 0. The summed E-state index contributed by atoms with van der Waals surface area (Å²) in [6.45, 7) is 1.82. The zero-order valence-corrected chi connectivity index (χ0v) is 15.9. The van der Waals surface area contributed by atoms with E-state index in [4.69, 9.17) is 28.3 Å². The molecule has 0 saturated heterocycles. The van der Waals surface area contributed by atoms with E-state index in [2.05, 4.69) is 5.32 Å². The molecule has 0 heterocycles. The van der Waals surface area contributed by atoms with Gasteiger partial charge in [0.2, 0.25) is 10.0 Å². The van der Waals surface area contributed by atoms with Crippen molar-refractivity contribution in [1.82, 2.24) is 4.90 Å². The number of urea groups is 1. The minimum absolute atomic E-state index is 0.0198. The van der Waals surface area contributed by atoms with Gasteiger partial charge in [0.05, 0.1) is 21.0 Å². The summed E-state index contributed by atoms with van der Waals surface area (Å²) in [6.07, 6.45) is 0. The number of primary sulfonamides is 1. The number of carbonyl (C=O) groups excluding carboxylic acids is 1. The van der Waals surface area contributed by atoms with Crippen LogP contribution in [0.25, 0.3) is 0 Å². The molecular weight excluding hydrogens is 385 g/mol. The Labute approximate surface area is 156 Å². The minimum atomic E-state index is -3.75. The number of nitrogens with one attached hydrogen (secondary N) is 1. The lowest BCUT2D eigenvalue weighted by molar-refractivity contribution is 0.208. The molecule has 0 radical (unpaired) electrons. The van der Waals surface area contributed by atoms with E-state index in [0.717, 1.165) is 5.56 Å². The fraction of sp³-hybridized carbons (Fsp3) is 0.188. The van der Waals surface area contributed by atoms with E-state index in [-0.39, 0.29) is 17.0 Å². The lowest BCUT2D eigenvalue weighted by Crippen LogP contribution is -2.33. The van der Waals surface area contributed by atoms with Crippen molar-refractivity contribution < 1.29 is 13.2 Å². The van der Waals surface area contributed by atoms with Crippen LogP contribution in [0.15, 0.2) is 47.4 Å². The highest BCUT2D eigenvalue weighted by Crippen LogP contribution is 2.26. The number of hydrogen-bond donors (Lipinski definition) is 2. The van der Waals surface area contributed by atoms with Gasteiger partial charge in [-0.05, 0) is 42.8 Å². The lowest BCUT2D eigenvalue weighted by Gasteiger charge is -2.25. The van der Waals surface area contributed by atoms with Crippen molar-refractivity contribution in [2.75, 3.05) is 12.4 Å². The van der Waals surface area contributed by atoms with Crippen LogP contribution in [0.2, 0.25) is 10.0 Å². The summed E-state index contributed by atoms with van der Waals surface area (Å²) in [5.41, 5.74) is 1.28. The Morgan fingerprint density at radius 1 is 1.12 bits per heavy atom. The Hall–Kier alpha value is -1.80. The molecule has 0 bridgehead atoms. The zero-order valence-electron chi connectivity index (χ0n) is 13.5. The monoisotopic (exact) mass is 401 g/mol. The molecular formula is C16H17Cl2N3O3S. The molecule has 1 unspecified atom stereocenters. The fourth-order valence-corrected chi connectivity index (χ4v) is 2.93. The number of halogens is 2. The molecule has 25 heavy (non-hydrogen) atoms. The molecule has 2 aromatic carbocycles. The molecule has 0 fully saturated rings. The van der Waals surface area contributed by atoms with Crippen molar-refractivity contribution in [2.24, 2.45) is 5.14 Å². The van der Waals surface area contributed by atoms with Gasteiger partial charge in [-0.1, -0.05) is 35.3 Å². The quantitative estimate of drug-likeness (QED) is 0.813. The average molecular weight is 402 g/mol. The summed E-state index contributed by atoms with van der Waals surface area (Å²) in [5, 5.41) is 8.54. The Bertz CT molecular complexity index is 886. The first-order valence-corrected chi connectivity index (χ1v) is 9.51. The van der Waals surface area contributed by atoms with Gasteiger partial charge in [0, 0.05) is 12.7 Å². The van der Waals surface area contributed by atoms with E-state index in [1.807, 2.05) is 6.92 Å². The number of nitrogens with two attached hydrogens (primary N) is 1. The van der Waals surface area contributed by atoms with Crippen LogP contribution in [0.4, 0.5) is 10.5 Å². The zero-order chi connectivity index (χ0) is 18.8. The second-order valence-electron chi connectivity index (χ2n) is 5.46. The van der Waals surface area contributed by atoms with Crippen LogP contribution in [-0.4, -0.2) is 26.4 Å². The first kappa shape index (κ1) is 19.5. The van der Waals surface area contributed by atoms with Crippen LogP contribution in [0.5, 0.6) is 0 Å². The molecule has 2 amide bonds. The molecule has 9 heteroatoms. The third-order valence-electron chi connectivity index (χ3n) is 3.76.